The van der Waals surface area contributed by atoms with Gasteiger partial charge in [-0.2, -0.15) is 0 Å². The summed E-state index contributed by atoms with van der Waals surface area (Å²) >= 11 is 3.40. The zero-order valence-electron chi connectivity index (χ0n) is 8.23. The molecule has 1 rings (SSSR count). The van der Waals surface area contributed by atoms with Crippen LogP contribution in [0.15, 0.2) is 22.7 Å². The predicted molar refractivity (Wildman–Crippen MR) is 61.3 cm³/mol. The third-order valence-electron chi connectivity index (χ3n) is 1.92. The lowest BCUT2D eigenvalue weighted by Gasteiger charge is -2.03. The highest BCUT2D eigenvalue weighted by Crippen LogP contribution is 2.21. The zero-order chi connectivity index (χ0) is 10.6. The summed E-state index contributed by atoms with van der Waals surface area (Å²) in [7, 11) is 0. The molecule has 1 nitrogen and oxygen atoms in total. The molecule has 1 aromatic carbocycles. The predicted octanol–water partition coefficient (Wildman–Crippen LogP) is 3.35. The van der Waals surface area contributed by atoms with E-state index < -0.39 is 0 Å². The number of ketones is 1. The van der Waals surface area contributed by atoms with Gasteiger partial charge in [-0.05, 0) is 35.3 Å². The third kappa shape index (κ3) is 2.46. The van der Waals surface area contributed by atoms with Crippen LogP contribution in [-0.2, 0) is 0 Å². The van der Waals surface area contributed by atoms with Gasteiger partial charge >= 0.3 is 0 Å². The summed E-state index contributed by atoms with van der Waals surface area (Å²) < 4.78 is 0.878. The van der Waals surface area contributed by atoms with Crippen molar-refractivity contribution in [3.63, 3.8) is 0 Å². The molecular weight excluding hydrogens is 240 g/mol. The van der Waals surface area contributed by atoms with Gasteiger partial charge in [0, 0.05) is 10.0 Å². The van der Waals surface area contributed by atoms with Gasteiger partial charge < -0.3 is 0 Å². The lowest BCUT2D eigenvalue weighted by molar-refractivity contribution is 0.0997. The van der Waals surface area contributed by atoms with Crippen LogP contribution in [0.3, 0.4) is 0 Å². The molecule has 0 radical (unpaired) electrons. The van der Waals surface area contributed by atoms with Crippen molar-refractivity contribution in [1.29, 1.82) is 0 Å². The van der Waals surface area contributed by atoms with Gasteiger partial charge in [0.25, 0.3) is 0 Å². The summed E-state index contributed by atoms with van der Waals surface area (Å²) in [4.78, 5) is 11.6. The van der Waals surface area contributed by atoms with E-state index in [1.807, 2.05) is 25.1 Å². The topological polar surface area (TPSA) is 17.1 Å². The maximum Gasteiger partial charge on any atom is 0.175 e. The monoisotopic (exact) mass is 250 g/mol. The van der Waals surface area contributed by atoms with E-state index in [0.29, 0.717) is 12.0 Å². The quantitative estimate of drug-likeness (QED) is 0.581. The number of hydrogen-bond donors (Lipinski definition) is 0. The van der Waals surface area contributed by atoms with Crippen LogP contribution < -0.4 is 0 Å². The summed E-state index contributed by atoms with van der Waals surface area (Å²) in [6.07, 6.45) is 0.290. The normalized spacial score (nSPS) is 9.07. The molecular formula is C12H11BrO. The second-order valence-corrected chi connectivity index (χ2v) is 3.76. The summed E-state index contributed by atoms with van der Waals surface area (Å²) in [6.45, 7) is 3.70. The minimum absolute atomic E-state index is 0.0647. The van der Waals surface area contributed by atoms with E-state index in [9.17, 15) is 4.79 Å². The average molecular weight is 251 g/mol. The molecule has 0 saturated heterocycles. The van der Waals surface area contributed by atoms with E-state index in [1.54, 1.807) is 6.92 Å². The number of hydrogen-bond acceptors (Lipinski definition) is 1. The smallest absolute Gasteiger partial charge is 0.175 e. The van der Waals surface area contributed by atoms with Crippen LogP contribution >= 0.6 is 15.9 Å². The van der Waals surface area contributed by atoms with Crippen LogP contribution in [0.25, 0.3) is 0 Å². The summed E-state index contributed by atoms with van der Waals surface area (Å²) in [5, 5.41) is 0. The van der Waals surface area contributed by atoms with Gasteiger partial charge in [0.15, 0.2) is 5.78 Å². The van der Waals surface area contributed by atoms with E-state index >= 15 is 0 Å². The minimum Gasteiger partial charge on any atom is -0.293 e. The molecule has 0 N–H and O–H groups in total. The van der Waals surface area contributed by atoms with Gasteiger partial charge in [0.05, 0.1) is 6.42 Å². The Balaban J connectivity index is 2.99. The van der Waals surface area contributed by atoms with Crippen LogP contribution in [0.4, 0.5) is 0 Å². The highest BCUT2D eigenvalue weighted by molar-refractivity contribution is 9.10. The molecule has 72 valence electrons. The molecule has 0 heterocycles. The fourth-order valence-corrected chi connectivity index (χ4v) is 1.61. The molecule has 2 heteroatoms. The van der Waals surface area contributed by atoms with Gasteiger partial charge in [-0.1, -0.05) is 24.1 Å². The van der Waals surface area contributed by atoms with Crippen molar-refractivity contribution in [3.05, 3.63) is 33.8 Å². The van der Waals surface area contributed by atoms with Crippen LogP contribution in [0.1, 0.15) is 29.3 Å². The minimum atomic E-state index is 0.0647. The molecule has 0 aliphatic rings. The zero-order valence-corrected chi connectivity index (χ0v) is 9.81. The average Bonchev–Trinajstić information content (AvgIpc) is 2.18. The van der Waals surface area contributed by atoms with Gasteiger partial charge in [0.1, 0.15) is 0 Å². The molecule has 0 saturated carbocycles. The molecule has 0 spiro atoms. The van der Waals surface area contributed by atoms with Crippen molar-refractivity contribution in [2.75, 3.05) is 0 Å². The first-order valence-corrected chi connectivity index (χ1v) is 5.14. The molecule has 0 unspecified atom stereocenters. The molecule has 0 atom stereocenters. The molecule has 0 aromatic heterocycles. The summed E-state index contributed by atoms with van der Waals surface area (Å²) in [5.41, 5.74) is 1.79. The number of carbonyl (C=O) groups excluding carboxylic acids is 1. The molecule has 0 bridgehead atoms. The Bertz CT molecular complexity index is 410. The second-order valence-electron chi connectivity index (χ2n) is 2.96. The number of Topliss-reactive ketones (excluding diaryl/α,β-unsaturated/α-hetero) is 1. The number of aryl methyl sites for hydroxylation is 1. The Morgan fingerprint density at radius 3 is 2.86 bits per heavy atom. The first-order valence-electron chi connectivity index (χ1n) is 4.34. The fourth-order valence-electron chi connectivity index (χ4n) is 1.13. The highest BCUT2D eigenvalue weighted by Gasteiger charge is 2.09. The SMILES string of the molecule is CC#CCC(=O)c1cccc(C)c1Br. The lowest BCUT2D eigenvalue weighted by atomic mass is 10.1. The highest BCUT2D eigenvalue weighted by atomic mass is 79.9. The number of halogens is 1. The van der Waals surface area contributed by atoms with Gasteiger partial charge in [-0.15, -0.1) is 5.92 Å². The summed E-state index contributed by atoms with van der Waals surface area (Å²) in [5.74, 6) is 5.55. The Morgan fingerprint density at radius 1 is 1.50 bits per heavy atom. The van der Waals surface area contributed by atoms with Crippen molar-refractivity contribution in [1.82, 2.24) is 0 Å². The maximum absolute atomic E-state index is 11.6. The van der Waals surface area contributed by atoms with Crippen molar-refractivity contribution in [3.8, 4) is 11.8 Å². The number of carbonyl (C=O) groups is 1. The first-order chi connectivity index (χ1) is 6.66. The van der Waals surface area contributed by atoms with Crippen molar-refractivity contribution in [2.45, 2.75) is 20.3 Å². The first kappa shape index (κ1) is 11.0. The molecule has 1 aromatic rings. The molecule has 14 heavy (non-hydrogen) atoms. The van der Waals surface area contributed by atoms with Crippen LogP contribution in [0.5, 0.6) is 0 Å². The van der Waals surface area contributed by atoms with E-state index in [0.717, 1.165) is 10.0 Å². The second kappa shape index (κ2) is 4.97. The third-order valence-corrected chi connectivity index (χ3v) is 2.97. The molecule has 0 aliphatic carbocycles. The fraction of sp³-hybridized carbons (Fsp3) is 0.250. The number of rotatable bonds is 2. The Kier molecular flexibility index (Phi) is 3.91. The maximum atomic E-state index is 11.6. The largest absolute Gasteiger partial charge is 0.293 e. The Labute approximate surface area is 92.6 Å². The van der Waals surface area contributed by atoms with Crippen LogP contribution in [-0.4, -0.2) is 5.78 Å². The van der Waals surface area contributed by atoms with Gasteiger partial charge in [0.2, 0.25) is 0 Å². The van der Waals surface area contributed by atoms with E-state index in [-0.39, 0.29) is 5.78 Å². The molecule has 0 amide bonds. The van der Waals surface area contributed by atoms with E-state index in [4.69, 9.17) is 0 Å². The van der Waals surface area contributed by atoms with Gasteiger partial charge in [-0.25, -0.2) is 0 Å². The lowest BCUT2D eigenvalue weighted by Crippen LogP contribution is -1.99. The van der Waals surface area contributed by atoms with Crippen LogP contribution in [0, 0.1) is 18.8 Å². The molecule has 0 fully saturated rings. The number of benzene rings is 1. The van der Waals surface area contributed by atoms with Crippen molar-refractivity contribution < 1.29 is 4.79 Å². The van der Waals surface area contributed by atoms with Crippen molar-refractivity contribution in [2.24, 2.45) is 0 Å². The molecule has 0 aliphatic heterocycles. The summed E-state index contributed by atoms with van der Waals surface area (Å²) in [6, 6.07) is 5.66. The standard InChI is InChI=1S/C12H11BrO/c1-3-4-8-11(14)10-7-5-6-9(2)12(10)13/h5-7H,8H2,1-2H3. The van der Waals surface area contributed by atoms with E-state index in [1.165, 1.54) is 0 Å². The van der Waals surface area contributed by atoms with E-state index in [2.05, 4.69) is 27.8 Å². The Hall–Kier alpha value is -1.07. The van der Waals surface area contributed by atoms with Crippen LogP contribution in [0.2, 0.25) is 0 Å². The van der Waals surface area contributed by atoms with Gasteiger partial charge in [-0.3, -0.25) is 4.79 Å². The Morgan fingerprint density at radius 2 is 2.21 bits per heavy atom. The van der Waals surface area contributed by atoms with Crippen molar-refractivity contribution >= 4 is 21.7 Å².